The Hall–Kier alpha value is -2.63. The van der Waals surface area contributed by atoms with Crippen LogP contribution >= 0.6 is 0 Å². The smallest absolute Gasteiger partial charge is 0.405 e. The van der Waals surface area contributed by atoms with Crippen LogP contribution in [0.4, 0.5) is 13.6 Å². The summed E-state index contributed by atoms with van der Waals surface area (Å²) >= 11 is 0. The quantitative estimate of drug-likeness (QED) is 0.925. The van der Waals surface area contributed by atoms with Crippen molar-refractivity contribution < 1.29 is 23.0 Å². The summed E-state index contributed by atoms with van der Waals surface area (Å²) in [7, 11) is 0. The van der Waals surface area contributed by atoms with Crippen molar-refractivity contribution in [1.82, 2.24) is 0 Å². The van der Waals surface area contributed by atoms with E-state index in [1.807, 2.05) is 18.2 Å². The first kappa shape index (κ1) is 15.3. The summed E-state index contributed by atoms with van der Waals surface area (Å²) in [4.78, 5) is 11.0. The maximum Gasteiger partial charge on any atom is 0.405 e. The number of alkyl halides is 2. The molecule has 1 unspecified atom stereocenters. The first-order valence-corrected chi connectivity index (χ1v) is 7.17. The van der Waals surface area contributed by atoms with Gasteiger partial charge in [0.15, 0.2) is 0 Å². The minimum atomic E-state index is -2.84. The lowest BCUT2D eigenvalue weighted by molar-refractivity contribution is -0.0498. The standard InChI is InChI=1S/C17H15F2NO3/c18-16(19)22-13-6-3-10(4-7-13)12-2-1-11-5-8-15(14(11)9-12)23-17(20)21/h1-4,6-7,9,15-16H,5,8H2,(H2,20,21). The number of carbonyl (C=O) groups excluding carboxylic acids is 1. The van der Waals surface area contributed by atoms with E-state index in [0.717, 1.165) is 28.7 Å². The molecule has 0 aliphatic heterocycles. The predicted molar refractivity (Wildman–Crippen MR) is 80.2 cm³/mol. The summed E-state index contributed by atoms with van der Waals surface area (Å²) in [5.41, 5.74) is 8.93. The van der Waals surface area contributed by atoms with Gasteiger partial charge in [-0.05, 0) is 53.3 Å². The minimum Gasteiger partial charge on any atom is -0.441 e. The molecule has 4 nitrogen and oxygen atoms in total. The predicted octanol–water partition coefficient (Wildman–Crippen LogP) is 4.04. The van der Waals surface area contributed by atoms with Crippen LogP contribution in [-0.2, 0) is 11.2 Å². The number of hydrogen-bond donors (Lipinski definition) is 1. The number of nitrogens with two attached hydrogens (primary N) is 1. The van der Waals surface area contributed by atoms with Crippen LogP contribution < -0.4 is 10.5 Å². The van der Waals surface area contributed by atoms with Crippen molar-refractivity contribution in [1.29, 1.82) is 0 Å². The second-order valence-electron chi connectivity index (χ2n) is 5.28. The third kappa shape index (κ3) is 3.41. The summed E-state index contributed by atoms with van der Waals surface area (Å²) in [5, 5.41) is 0. The number of fused-ring (bicyclic) bond motifs is 1. The van der Waals surface area contributed by atoms with E-state index in [-0.39, 0.29) is 11.9 Å². The summed E-state index contributed by atoms with van der Waals surface area (Å²) in [6, 6.07) is 12.3. The lowest BCUT2D eigenvalue weighted by atomic mass is 10.00. The van der Waals surface area contributed by atoms with Gasteiger partial charge < -0.3 is 15.2 Å². The van der Waals surface area contributed by atoms with Crippen LogP contribution in [0.2, 0.25) is 0 Å². The number of halogens is 2. The zero-order chi connectivity index (χ0) is 16.4. The molecule has 1 aliphatic carbocycles. The van der Waals surface area contributed by atoms with Gasteiger partial charge >= 0.3 is 12.7 Å². The van der Waals surface area contributed by atoms with Gasteiger partial charge in [-0.1, -0.05) is 24.3 Å². The third-order valence-electron chi connectivity index (χ3n) is 3.84. The van der Waals surface area contributed by atoms with E-state index in [9.17, 15) is 13.6 Å². The first-order valence-electron chi connectivity index (χ1n) is 7.17. The Morgan fingerprint density at radius 2 is 1.83 bits per heavy atom. The topological polar surface area (TPSA) is 61.6 Å². The van der Waals surface area contributed by atoms with E-state index < -0.39 is 12.7 Å². The minimum absolute atomic E-state index is 0.111. The molecule has 0 spiro atoms. The van der Waals surface area contributed by atoms with Crippen LogP contribution in [0.3, 0.4) is 0 Å². The van der Waals surface area contributed by atoms with Crippen molar-refractivity contribution >= 4 is 6.09 Å². The van der Waals surface area contributed by atoms with Gasteiger partial charge in [-0.25, -0.2) is 4.79 Å². The van der Waals surface area contributed by atoms with Crippen LogP contribution in [0, 0.1) is 0 Å². The van der Waals surface area contributed by atoms with Gasteiger partial charge in [0.2, 0.25) is 0 Å². The fourth-order valence-corrected chi connectivity index (χ4v) is 2.84. The molecule has 0 radical (unpaired) electrons. The number of benzene rings is 2. The number of amides is 1. The van der Waals surface area contributed by atoms with E-state index >= 15 is 0 Å². The van der Waals surface area contributed by atoms with Crippen molar-refractivity contribution in [2.45, 2.75) is 25.6 Å². The molecule has 23 heavy (non-hydrogen) atoms. The molecule has 0 heterocycles. The molecule has 1 amide bonds. The molecule has 2 N–H and O–H groups in total. The molecule has 0 fully saturated rings. The van der Waals surface area contributed by atoms with Gasteiger partial charge in [0.25, 0.3) is 0 Å². The normalized spacial score (nSPS) is 16.2. The molecule has 0 bridgehead atoms. The highest BCUT2D eigenvalue weighted by atomic mass is 19.3. The van der Waals surface area contributed by atoms with Crippen molar-refractivity contribution in [2.75, 3.05) is 0 Å². The molecule has 6 heteroatoms. The zero-order valence-electron chi connectivity index (χ0n) is 12.2. The average molecular weight is 319 g/mol. The third-order valence-corrected chi connectivity index (χ3v) is 3.84. The highest BCUT2D eigenvalue weighted by molar-refractivity contribution is 5.68. The monoisotopic (exact) mass is 319 g/mol. The van der Waals surface area contributed by atoms with Gasteiger partial charge in [0.05, 0.1) is 0 Å². The van der Waals surface area contributed by atoms with Crippen LogP contribution in [-0.4, -0.2) is 12.7 Å². The first-order chi connectivity index (χ1) is 11.0. The maximum atomic E-state index is 12.2. The van der Waals surface area contributed by atoms with Gasteiger partial charge in [0, 0.05) is 0 Å². The van der Waals surface area contributed by atoms with Crippen molar-refractivity contribution in [3.8, 4) is 16.9 Å². The van der Waals surface area contributed by atoms with E-state index in [1.165, 1.54) is 12.1 Å². The second-order valence-corrected chi connectivity index (χ2v) is 5.28. The molecule has 2 aromatic rings. The number of primary amides is 1. The summed E-state index contributed by atoms with van der Waals surface area (Å²) in [5.74, 6) is 0.111. The van der Waals surface area contributed by atoms with Gasteiger partial charge in [0.1, 0.15) is 11.9 Å². The Kier molecular flexibility index (Phi) is 4.14. The Morgan fingerprint density at radius 3 is 2.48 bits per heavy atom. The zero-order valence-corrected chi connectivity index (χ0v) is 12.2. The van der Waals surface area contributed by atoms with Gasteiger partial charge in [-0.3, -0.25) is 0 Å². The lowest BCUT2D eigenvalue weighted by Gasteiger charge is -2.13. The van der Waals surface area contributed by atoms with Crippen LogP contribution in [0.25, 0.3) is 11.1 Å². The van der Waals surface area contributed by atoms with Crippen molar-refractivity contribution in [3.63, 3.8) is 0 Å². The lowest BCUT2D eigenvalue weighted by Crippen LogP contribution is -2.15. The Balaban J connectivity index is 1.85. The van der Waals surface area contributed by atoms with E-state index in [0.29, 0.717) is 6.42 Å². The number of aryl methyl sites for hydroxylation is 1. The number of rotatable bonds is 4. The van der Waals surface area contributed by atoms with Crippen LogP contribution in [0.5, 0.6) is 5.75 Å². The molecule has 120 valence electrons. The fourth-order valence-electron chi connectivity index (χ4n) is 2.84. The number of carbonyl (C=O) groups is 1. The molecule has 0 saturated carbocycles. The Bertz CT molecular complexity index is 716. The summed E-state index contributed by atoms with van der Waals surface area (Å²) < 4.78 is 33.8. The molecule has 3 rings (SSSR count). The number of hydrogen-bond acceptors (Lipinski definition) is 3. The van der Waals surface area contributed by atoms with Gasteiger partial charge in [-0.15, -0.1) is 0 Å². The van der Waals surface area contributed by atoms with Crippen molar-refractivity contribution in [2.24, 2.45) is 5.73 Å². The summed E-state index contributed by atoms with van der Waals surface area (Å²) in [6.07, 6.45) is 0.420. The van der Waals surface area contributed by atoms with E-state index in [2.05, 4.69) is 4.74 Å². The second kappa shape index (κ2) is 6.24. The highest BCUT2D eigenvalue weighted by Gasteiger charge is 2.25. The Labute approximate surface area is 131 Å². The van der Waals surface area contributed by atoms with Crippen LogP contribution in [0.15, 0.2) is 42.5 Å². The van der Waals surface area contributed by atoms with E-state index in [1.54, 1.807) is 12.1 Å². The number of ether oxygens (including phenoxy) is 2. The highest BCUT2D eigenvalue weighted by Crippen LogP contribution is 2.37. The molecular formula is C17H15F2NO3. The average Bonchev–Trinajstić information content (AvgIpc) is 2.89. The van der Waals surface area contributed by atoms with Gasteiger partial charge in [-0.2, -0.15) is 8.78 Å². The van der Waals surface area contributed by atoms with Crippen molar-refractivity contribution in [3.05, 3.63) is 53.6 Å². The fraction of sp³-hybridized carbons (Fsp3) is 0.235. The molecular weight excluding hydrogens is 304 g/mol. The van der Waals surface area contributed by atoms with Crippen LogP contribution in [0.1, 0.15) is 23.7 Å². The summed E-state index contributed by atoms with van der Waals surface area (Å²) in [6.45, 7) is -2.84. The molecule has 0 saturated heterocycles. The molecule has 2 aromatic carbocycles. The molecule has 1 aliphatic rings. The molecule has 1 atom stereocenters. The SMILES string of the molecule is NC(=O)OC1CCc2ccc(-c3ccc(OC(F)F)cc3)cc21. The van der Waals surface area contributed by atoms with E-state index in [4.69, 9.17) is 10.5 Å². The molecule has 0 aromatic heterocycles. The largest absolute Gasteiger partial charge is 0.441 e. The maximum absolute atomic E-state index is 12.2. The Morgan fingerprint density at radius 1 is 1.13 bits per heavy atom.